The van der Waals surface area contributed by atoms with Crippen molar-refractivity contribution >= 4 is 5.69 Å². The molecule has 0 fully saturated rings. The fourth-order valence-corrected chi connectivity index (χ4v) is 1.57. The first-order chi connectivity index (χ1) is 6.60. The van der Waals surface area contributed by atoms with Gasteiger partial charge in [0.25, 0.3) is 0 Å². The Bertz CT molecular complexity index is 296. The Labute approximate surface area is 84.9 Å². The van der Waals surface area contributed by atoms with E-state index in [1.54, 1.807) is 0 Å². The minimum absolute atomic E-state index is 0.00648. The van der Waals surface area contributed by atoms with Crippen molar-refractivity contribution in [2.45, 2.75) is 19.9 Å². The van der Waals surface area contributed by atoms with Gasteiger partial charge in [-0.25, -0.2) is 0 Å². The smallest absolute Gasteiger partial charge is 0.0626 e. The maximum Gasteiger partial charge on any atom is 0.0626 e. The molecule has 1 aromatic rings. The second-order valence-corrected chi connectivity index (χ2v) is 3.59. The molecular weight excluding hydrogens is 176 g/mol. The Kier molecular flexibility index (Phi) is 3.49. The molecule has 1 unspecified atom stereocenters. The summed E-state index contributed by atoms with van der Waals surface area (Å²) in [6.45, 7) is 4.06. The second-order valence-electron chi connectivity index (χ2n) is 3.59. The molecule has 0 saturated carbocycles. The van der Waals surface area contributed by atoms with Crippen molar-refractivity contribution in [1.82, 2.24) is 5.32 Å². The van der Waals surface area contributed by atoms with Crippen LogP contribution in [0.3, 0.4) is 0 Å². The number of nitrogens with two attached hydrogens (primary N) is 1. The molecule has 78 valence electrons. The lowest BCUT2D eigenvalue weighted by molar-refractivity contribution is 0.251. The van der Waals surface area contributed by atoms with Crippen LogP contribution in [0.5, 0.6) is 0 Å². The Hall–Kier alpha value is -1.06. The first-order valence-corrected chi connectivity index (χ1v) is 4.75. The summed E-state index contributed by atoms with van der Waals surface area (Å²) in [4.78, 5) is 0. The molecule has 0 bridgehead atoms. The number of anilines is 1. The summed E-state index contributed by atoms with van der Waals surface area (Å²) in [5.74, 6) is 0. The zero-order valence-corrected chi connectivity index (χ0v) is 8.96. The van der Waals surface area contributed by atoms with E-state index in [1.165, 1.54) is 0 Å². The van der Waals surface area contributed by atoms with Gasteiger partial charge in [-0.2, -0.15) is 0 Å². The Morgan fingerprint density at radius 2 is 1.86 bits per heavy atom. The van der Waals surface area contributed by atoms with Gasteiger partial charge in [-0.05, 0) is 37.6 Å². The molecule has 1 aromatic carbocycles. The number of nitrogens with one attached hydrogen (secondary N) is 1. The van der Waals surface area contributed by atoms with Crippen LogP contribution in [0.1, 0.15) is 22.7 Å². The minimum atomic E-state index is -0.00648. The summed E-state index contributed by atoms with van der Waals surface area (Å²) in [6, 6.07) is 4.02. The molecule has 14 heavy (non-hydrogen) atoms. The number of benzene rings is 1. The van der Waals surface area contributed by atoms with Gasteiger partial charge >= 0.3 is 0 Å². The molecule has 0 amide bonds. The van der Waals surface area contributed by atoms with Gasteiger partial charge in [-0.1, -0.05) is 12.1 Å². The fraction of sp³-hybridized carbons (Fsp3) is 0.455. The molecule has 0 heterocycles. The zero-order chi connectivity index (χ0) is 10.7. The van der Waals surface area contributed by atoms with Crippen molar-refractivity contribution < 1.29 is 5.11 Å². The highest BCUT2D eigenvalue weighted by molar-refractivity contribution is 5.54. The van der Waals surface area contributed by atoms with E-state index in [9.17, 15) is 0 Å². The molecule has 3 nitrogen and oxygen atoms in total. The Morgan fingerprint density at radius 3 is 2.21 bits per heavy atom. The first kappa shape index (κ1) is 11.0. The lowest BCUT2D eigenvalue weighted by atomic mass is 10.00. The van der Waals surface area contributed by atoms with Crippen LogP contribution < -0.4 is 11.1 Å². The SMILES string of the molecule is CNC(CO)c1cc(C)c(N)c(C)c1. The molecule has 0 aromatic heterocycles. The maximum atomic E-state index is 9.14. The third-order valence-corrected chi connectivity index (χ3v) is 2.55. The highest BCUT2D eigenvalue weighted by Gasteiger charge is 2.09. The molecule has 0 aliphatic carbocycles. The molecule has 1 rings (SSSR count). The van der Waals surface area contributed by atoms with E-state index in [1.807, 2.05) is 33.0 Å². The topological polar surface area (TPSA) is 58.3 Å². The summed E-state index contributed by atoms with van der Waals surface area (Å²) in [7, 11) is 1.84. The van der Waals surface area contributed by atoms with E-state index in [0.717, 1.165) is 22.4 Å². The van der Waals surface area contributed by atoms with Gasteiger partial charge in [-0.3, -0.25) is 0 Å². The van der Waals surface area contributed by atoms with Crippen LogP contribution in [0.4, 0.5) is 5.69 Å². The zero-order valence-electron chi connectivity index (χ0n) is 8.96. The molecule has 0 spiro atoms. The van der Waals surface area contributed by atoms with Crippen LogP contribution >= 0.6 is 0 Å². The van der Waals surface area contributed by atoms with Crippen molar-refractivity contribution in [3.05, 3.63) is 28.8 Å². The van der Waals surface area contributed by atoms with Crippen LogP contribution in [0.15, 0.2) is 12.1 Å². The summed E-state index contributed by atoms with van der Waals surface area (Å²) in [5.41, 5.74) is 9.90. The monoisotopic (exact) mass is 194 g/mol. The molecule has 3 heteroatoms. The highest BCUT2D eigenvalue weighted by Crippen LogP contribution is 2.22. The van der Waals surface area contributed by atoms with Gasteiger partial charge < -0.3 is 16.2 Å². The standard InChI is InChI=1S/C11H18N2O/c1-7-4-9(10(6-14)13-3)5-8(2)11(7)12/h4-5,10,13-14H,6,12H2,1-3H3. The van der Waals surface area contributed by atoms with Crippen molar-refractivity contribution in [3.63, 3.8) is 0 Å². The number of aliphatic hydroxyl groups excluding tert-OH is 1. The quantitative estimate of drug-likeness (QED) is 0.632. The van der Waals surface area contributed by atoms with Crippen LogP contribution in [0.25, 0.3) is 0 Å². The first-order valence-electron chi connectivity index (χ1n) is 4.75. The van der Waals surface area contributed by atoms with Crippen LogP contribution in [-0.2, 0) is 0 Å². The second kappa shape index (κ2) is 4.44. The van der Waals surface area contributed by atoms with Crippen molar-refractivity contribution in [2.24, 2.45) is 0 Å². The number of aliphatic hydroxyl groups is 1. The number of nitrogen functional groups attached to an aromatic ring is 1. The number of rotatable bonds is 3. The fourth-order valence-electron chi connectivity index (χ4n) is 1.57. The Balaban J connectivity index is 3.11. The van der Waals surface area contributed by atoms with Crippen LogP contribution in [0.2, 0.25) is 0 Å². The number of likely N-dealkylation sites (N-methyl/N-ethyl adjacent to an activating group) is 1. The van der Waals surface area contributed by atoms with Gasteiger partial charge in [0, 0.05) is 5.69 Å². The average molecular weight is 194 g/mol. The van der Waals surface area contributed by atoms with E-state index in [4.69, 9.17) is 10.8 Å². The molecule has 0 saturated heterocycles. The van der Waals surface area contributed by atoms with Crippen LogP contribution in [0, 0.1) is 13.8 Å². The lowest BCUT2D eigenvalue weighted by Gasteiger charge is -2.16. The minimum Gasteiger partial charge on any atom is -0.398 e. The number of hydrogen-bond donors (Lipinski definition) is 3. The van der Waals surface area contributed by atoms with Gasteiger partial charge in [0.15, 0.2) is 0 Å². The van der Waals surface area contributed by atoms with Gasteiger partial charge in [-0.15, -0.1) is 0 Å². The van der Waals surface area contributed by atoms with Crippen molar-refractivity contribution in [3.8, 4) is 0 Å². The molecule has 0 aliphatic rings. The third-order valence-electron chi connectivity index (χ3n) is 2.55. The normalized spacial score (nSPS) is 12.9. The molecule has 4 N–H and O–H groups in total. The largest absolute Gasteiger partial charge is 0.398 e. The van der Waals surface area contributed by atoms with E-state index in [0.29, 0.717) is 0 Å². The van der Waals surface area contributed by atoms with Crippen LogP contribution in [-0.4, -0.2) is 18.8 Å². The molecular formula is C11H18N2O. The number of aryl methyl sites for hydroxylation is 2. The maximum absolute atomic E-state index is 9.14. The summed E-state index contributed by atoms with van der Waals surface area (Å²) in [5, 5.41) is 12.2. The van der Waals surface area contributed by atoms with Crippen molar-refractivity contribution in [1.29, 1.82) is 0 Å². The van der Waals surface area contributed by atoms with E-state index in [2.05, 4.69) is 5.32 Å². The average Bonchev–Trinajstić information content (AvgIpc) is 2.16. The molecule has 0 aliphatic heterocycles. The van der Waals surface area contributed by atoms with E-state index in [-0.39, 0.29) is 12.6 Å². The number of hydrogen-bond acceptors (Lipinski definition) is 3. The summed E-state index contributed by atoms with van der Waals surface area (Å²) < 4.78 is 0. The lowest BCUT2D eigenvalue weighted by Crippen LogP contribution is -2.20. The van der Waals surface area contributed by atoms with E-state index >= 15 is 0 Å². The van der Waals surface area contributed by atoms with Crippen molar-refractivity contribution in [2.75, 3.05) is 19.4 Å². The van der Waals surface area contributed by atoms with E-state index < -0.39 is 0 Å². The summed E-state index contributed by atoms with van der Waals surface area (Å²) >= 11 is 0. The predicted octanol–water partition coefficient (Wildman–Crippen LogP) is 1.14. The summed E-state index contributed by atoms with van der Waals surface area (Å²) in [6.07, 6.45) is 0. The molecule has 1 atom stereocenters. The van der Waals surface area contributed by atoms with Gasteiger partial charge in [0.05, 0.1) is 12.6 Å². The highest BCUT2D eigenvalue weighted by atomic mass is 16.3. The van der Waals surface area contributed by atoms with Gasteiger partial charge in [0.1, 0.15) is 0 Å². The van der Waals surface area contributed by atoms with Gasteiger partial charge in [0.2, 0.25) is 0 Å². The Morgan fingerprint density at radius 1 is 1.36 bits per heavy atom. The molecule has 0 radical (unpaired) electrons. The predicted molar refractivity (Wildman–Crippen MR) is 59.2 cm³/mol. The third kappa shape index (κ3) is 2.05.